The molecule has 0 spiro atoms. The van der Waals surface area contributed by atoms with Crippen molar-refractivity contribution in [3.63, 3.8) is 0 Å². The fraction of sp³-hybridized carbons (Fsp3) is 0.348. The van der Waals surface area contributed by atoms with E-state index < -0.39 is 0 Å². The lowest BCUT2D eigenvalue weighted by molar-refractivity contribution is -0.119. The first-order valence-electron chi connectivity index (χ1n) is 9.84. The summed E-state index contributed by atoms with van der Waals surface area (Å²) in [6.07, 6.45) is 0.423. The van der Waals surface area contributed by atoms with Crippen LogP contribution in [0.3, 0.4) is 0 Å². The van der Waals surface area contributed by atoms with E-state index in [0.29, 0.717) is 29.7 Å². The van der Waals surface area contributed by atoms with E-state index in [0.717, 1.165) is 16.8 Å². The van der Waals surface area contributed by atoms with Gasteiger partial charge in [-0.25, -0.2) is 4.98 Å². The maximum atomic E-state index is 13.3. The van der Waals surface area contributed by atoms with Gasteiger partial charge in [-0.3, -0.25) is 14.2 Å². The molecule has 144 valence electrons. The van der Waals surface area contributed by atoms with Crippen molar-refractivity contribution < 1.29 is 4.79 Å². The third kappa shape index (κ3) is 2.82. The number of aryl methyl sites for hydroxylation is 1. The monoisotopic (exact) mass is 375 g/mol. The van der Waals surface area contributed by atoms with Crippen LogP contribution in [-0.2, 0) is 17.8 Å². The van der Waals surface area contributed by atoms with Crippen LogP contribution in [0.5, 0.6) is 0 Å². The zero-order valence-electron chi connectivity index (χ0n) is 16.8. The number of aromatic nitrogens is 2. The molecule has 0 saturated heterocycles. The van der Waals surface area contributed by atoms with Gasteiger partial charge in [0.25, 0.3) is 5.56 Å². The zero-order chi connectivity index (χ0) is 20.0. The van der Waals surface area contributed by atoms with Gasteiger partial charge in [0, 0.05) is 24.7 Å². The lowest BCUT2D eigenvalue weighted by Crippen LogP contribution is -2.36. The Bertz CT molecular complexity index is 1130. The molecule has 2 aromatic carbocycles. The van der Waals surface area contributed by atoms with Gasteiger partial charge in [0.2, 0.25) is 5.91 Å². The molecule has 1 amide bonds. The zero-order valence-corrected chi connectivity index (χ0v) is 16.8. The molecule has 5 heteroatoms. The number of carbonyl (C=O) groups is 1. The van der Waals surface area contributed by atoms with Crippen molar-refractivity contribution in [3.8, 4) is 0 Å². The molecule has 0 fully saturated rings. The largest absolute Gasteiger partial charge is 0.309 e. The Morgan fingerprint density at radius 3 is 2.57 bits per heavy atom. The second-order valence-corrected chi connectivity index (χ2v) is 7.72. The summed E-state index contributed by atoms with van der Waals surface area (Å²) in [6, 6.07) is 13.6. The van der Waals surface area contributed by atoms with Gasteiger partial charge in [0.05, 0.1) is 16.8 Å². The SMILES string of the molecule is CCn1c(C[C@H]2C(=O)N(C(C)C)c3ccc(C)cc32)nc2ccccc2c1=O. The van der Waals surface area contributed by atoms with E-state index in [1.807, 2.05) is 62.9 Å². The average Bonchev–Trinajstić information content (AvgIpc) is 2.93. The quantitative estimate of drug-likeness (QED) is 0.697. The first-order chi connectivity index (χ1) is 13.4. The number of fused-ring (bicyclic) bond motifs is 2. The highest BCUT2D eigenvalue weighted by atomic mass is 16.2. The lowest BCUT2D eigenvalue weighted by Gasteiger charge is -2.22. The number of hydrogen-bond donors (Lipinski definition) is 0. The minimum absolute atomic E-state index is 0.0428. The molecule has 0 unspecified atom stereocenters. The molecule has 1 atom stereocenters. The van der Waals surface area contributed by atoms with Gasteiger partial charge in [-0.05, 0) is 51.5 Å². The summed E-state index contributed by atoms with van der Waals surface area (Å²) in [5, 5.41) is 0.617. The molecule has 0 bridgehead atoms. The maximum absolute atomic E-state index is 13.3. The van der Waals surface area contributed by atoms with E-state index in [1.54, 1.807) is 10.6 Å². The highest BCUT2D eigenvalue weighted by Crippen LogP contribution is 2.40. The molecule has 0 N–H and O–H groups in total. The van der Waals surface area contributed by atoms with Crippen LogP contribution in [0, 0.1) is 6.92 Å². The van der Waals surface area contributed by atoms with Crippen molar-refractivity contribution in [2.75, 3.05) is 4.90 Å². The fourth-order valence-corrected chi connectivity index (χ4v) is 4.20. The van der Waals surface area contributed by atoms with Crippen LogP contribution in [0.4, 0.5) is 5.69 Å². The third-order valence-corrected chi connectivity index (χ3v) is 5.51. The summed E-state index contributed by atoms with van der Waals surface area (Å²) in [5.41, 5.74) is 3.77. The van der Waals surface area contributed by atoms with Crippen LogP contribution in [-0.4, -0.2) is 21.5 Å². The molecule has 0 aliphatic carbocycles. The molecular formula is C23H25N3O2. The van der Waals surface area contributed by atoms with Crippen LogP contribution >= 0.6 is 0 Å². The van der Waals surface area contributed by atoms with Gasteiger partial charge in [0.15, 0.2) is 0 Å². The van der Waals surface area contributed by atoms with Gasteiger partial charge in [0.1, 0.15) is 5.82 Å². The van der Waals surface area contributed by atoms with Crippen molar-refractivity contribution in [1.82, 2.24) is 9.55 Å². The summed E-state index contributed by atoms with van der Waals surface area (Å²) in [6.45, 7) is 8.56. The molecule has 0 saturated carbocycles. The number of anilines is 1. The van der Waals surface area contributed by atoms with Gasteiger partial charge >= 0.3 is 0 Å². The van der Waals surface area contributed by atoms with Gasteiger partial charge in [-0.1, -0.05) is 29.8 Å². The number of carbonyl (C=O) groups excluding carboxylic acids is 1. The van der Waals surface area contributed by atoms with Crippen molar-refractivity contribution >= 4 is 22.5 Å². The second kappa shape index (κ2) is 6.89. The van der Waals surface area contributed by atoms with Crippen molar-refractivity contribution in [1.29, 1.82) is 0 Å². The predicted octanol–water partition coefficient (Wildman–Crippen LogP) is 3.81. The van der Waals surface area contributed by atoms with E-state index in [9.17, 15) is 9.59 Å². The minimum Gasteiger partial charge on any atom is -0.309 e. The van der Waals surface area contributed by atoms with Crippen molar-refractivity contribution in [2.45, 2.75) is 52.6 Å². The van der Waals surface area contributed by atoms with Crippen molar-refractivity contribution in [2.24, 2.45) is 0 Å². The first-order valence-corrected chi connectivity index (χ1v) is 9.84. The summed E-state index contributed by atoms with van der Waals surface area (Å²) < 4.78 is 1.70. The Kier molecular flexibility index (Phi) is 4.53. The maximum Gasteiger partial charge on any atom is 0.261 e. The molecule has 4 rings (SSSR count). The summed E-state index contributed by atoms with van der Waals surface area (Å²) in [7, 11) is 0. The number of nitrogens with zero attached hydrogens (tertiary/aromatic N) is 3. The average molecular weight is 375 g/mol. The normalized spacial score (nSPS) is 16.2. The molecule has 1 aromatic heterocycles. The van der Waals surface area contributed by atoms with Crippen LogP contribution in [0.1, 0.15) is 43.6 Å². The van der Waals surface area contributed by atoms with E-state index in [2.05, 4.69) is 6.07 Å². The van der Waals surface area contributed by atoms with E-state index in [1.165, 1.54) is 0 Å². The van der Waals surface area contributed by atoms with Crippen LogP contribution < -0.4 is 10.5 Å². The van der Waals surface area contributed by atoms with Gasteiger partial charge in [-0.15, -0.1) is 0 Å². The number of rotatable bonds is 4. The molecule has 1 aliphatic rings. The number of benzene rings is 2. The highest BCUT2D eigenvalue weighted by Gasteiger charge is 2.39. The second-order valence-electron chi connectivity index (χ2n) is 7.72. The number of para-hydroxylation sites is 1. The van der Waals surface area contributed by atoms with Crippen molar-refractivity contribution in [3.05, 3.63) is 69.8 Å². The highest BCUT2D eigenvalue weighted by molar-refractivity contribution is 6.05. The molecule has 3 aromatic rings. The summed E-state index contributed by atoms with van der Waals surface area (Å²) in [5.74, 6) is 0.437. The standard InChI is InChI=1S/C23H25N3O2/c1-5-25-21(24-19-9-7-6-8-16(19)22(25)27)13-18-17-12-15(4)10-11-20(17)26(14(2)3)23(18)28/h6-12,14,18H,5,13H2,1-4H3/t18-/m1/s1. The van der Waals surface area contributed by atoms with Crippen LogP contribution in [0.15, 0.2) is 47.3 Å². The van der Waals surface area contributed by atoms with Gasteiger partial charge in [-0.2, -0.15) is 0 Å². The Balaban J connectivity index is 1.85. The number of hydrogen-bond acceptors (Lipinski definition) is 3. The Labute approximate surface area is 164 Å². The fourth-order valence-electron chi connectivity index (χ4n) is 4.20. The van der Waals surface area contributed by atoms with E-state index >= 15 is 0 Å². The molecule has 5 nitrogen and oxygen atoms in total. The van der Waals surface area contributed by atoms with E-state index in [-0.39, 0.29) is 23.4 Å². The number of amides is 1. The van der Waals surface area contributed by atoms with Gasteiger partial charge < -0.3 is 4.90 Å². The third-order valence-electron chi connectivity index (χ3n) is 5.51. The Morgan fingerprint density at radius 1 is 1.11 bits per heavy atom. The predicted molar refractivity (Wildman–Crippen MR) is 112 cm³/mol. The Hall–Kier alpha value is -2.95. The summed E-state index contributed by atoms with van der Waals surface area (Å²) >= 11 is 0. The minimum atomic E-state index is -0.317. The van der Waals surface area contributed by atoms with Crippen LogP contribution in [0.2, 0.25) is 0 Å². The topological polar surface area (TPSA) is 55.2 Å². The molecule has 1 aliphatic heterocycles. The summed E-state index contributed by atoms with van der Waals surface area (Å²) in [4.78, 5) is 32.8. The van der Waals surface area contributed by atoms with E-state index in [4.69, 9.17) is 4.98 Å². The lowest BCUT2D eigenvalue weighted by atomic mass is 9.95. The molecule has 2 heterocycles. The first kappa shape index (κ1) is 18.4. The molecular weight excluding hydrogens is 350 g/mol. The van der Waals surface area contributed by atoms with Crippen LogP contribution in [0.25, 0.3) is 10.9 Å². The Morgan fingerprint density at radius 2 is 1.86 bits per heavy atom. The smallest absolute Gasteiger partial charge is 0.261 e. The molecule has 28 heavy (non-hydrogen) atoms. The molecule has 0 radical (unpaired) electrons.